The molecule has 1 amide bonds. The van der Waals surface area contributed by atoms with Crippen LogP contribution in [0.3, 0.4) is 0 Å². The Hall–Kier alpha value is -2.89. The summed E-state index contributed by atoms with van der Waals surface area (Å²) in [5.41, 5.74) is 2.77. The zero-order valence-electron chi connectivity index (χ0n) is 15.8. The van der Waals surface area contributed by atoms with Crippen LogP contribution in [0.1, 0.15) is 11.1 Å². The van der Waals surface area contributed by atoms with Gasteiger partial charge in [0.2, 0.25) is 0 Å². The molecular weight excluding hydrogens is 404 g/mol. The Balaban J connectivity index is 1.64. The minimum absolute atomic E-state index is 0.0630. The van der Waals surface area contributed by atoms with Crippen LogP contribution in [0.25, 0.3) is 10.2 Å². The van der Waals surface area contributed by atoms with E-state index in [4.69, 9.17) is 21.3 Å². The lowest BCUT2D eigenvalue weighted by atomic mass is 10.2. The summed E-state index contributed by atoms with van der Waals surface area (Å²) in [6, 6.07) is 23.0. The number of hydrogen-bond donors (Lipinski definition) is 0. The molecule has 6 heteroatoms. The lowest BCUT2D eigenvalue weighted by molar-refractivity contribution is -0.120. The van der Waals surface area contributed by atoms with Gasteiger partial charge in [0.25, 0.3) is 5.91 Å². The van der Waals surface area contributed by atoms with Crippen LogP contribution in [0, 0.1) is 6.92 Å². The van der Waals surface area contributed by atoms with Gasteiger partial charge in [0, 0.05) is 5.02 Å². The minimum Gasteiger partial charge on any atom is -0.484 e. The number of carbonyl (C=O) groups is 1. The number of amides is 1. The SMILES string of the molecule is Cc1c(Cl)ccc2sc(N(Cc3ccccc3)C(=O)COc3ccccc3)nc12. The van der Waals surface area contributed by atoms with Crippen LogP contribution >= 0.6 is 22.9 Å². The zero-order chi connectivity index (χ0) is 20.2. The zero-order valence-corrected chi connectivity index (χ0v) is 17.4. The fourth-order valence-electron chi connectivity index (χ4n) is 2.97. The van der Waals surface area contributed by atoms with Crippen molar-refractivity contribution in [2.24, 2.45) is 0 Å². The summed E-state index contributed by atoms with van der Waals surface area (Å²) in [6.07, 6.45) is 0. The summed E-state index contributed by atoms with van der Waals surface area (Å²) in [5, 5.41) is 1.30. The number of halogens is 1. The minimum atomic E-state index is -0.152. The van der Waals surface area contributed by atoms with Crippen molar-refractivity contribution in [1.29, 1.82) is 0 Å². The monoisotopic (exact) mass is 422 g/mol. The molecule has 0 aliphatic carbocycles. The molecule has 0 bridgehead atoms. The van der Waals surface area contributed by atoms with Crippen LogP contribution in [0.4, 0.5) is 5.13 Å². The molecule has 146 valence electrons. The van der Waals surface area contributed by atoms with E-state index in [1.807, 2.05) is 79.7 Å². The Labute approximate surface area is 178 Å². The van der Waals surface area contributed by atoms with E-state index in [0.29, 0.717) is 22.4 Å². The van der Waals surface area contributed by atoms with Gasteiger partial charge in [0.1, 0.15) is 5.75 Å². The highest BCUT2D eigenvalue weighted by atomic mass is 35.5. The second kappa shape index (κ2) is 8.64. The summed E-state index contributed by atoms with van der Waals surface area (Å²) < 4.78 is 6.69. The lowest BCUT2D eigenvalue weighted by Gasteiger charge is -2.20. The van der Waals surface area contributed by atoms with Crippen LogP contribution < -0.4 is 9.64 Å². The van der Waals surface area contributed by atoms with Crippen molar-refractivity contribution in [2.75, 3.05) is 11.5 Å². The van der Waals surface area contributed by atoms with Gasteiger partial charge in [-0.3, -0.25) is 9.69 Å². The number of ether oxygens (including phenoxy) is 1. The molecule has 0 saturated carbocycles. The van der Waals surface area contributed by atoms with Crippen molar-refractivity contribution in [3.63, 3.8) is 0 Å². The summed E-state index contributed by atoms with van der Waals surface area (Å²) in [5.74, 6) is 0.507. The van der Waals surface area contributed by atoms with Crippen LogP contribution in [0.15, 0.2) is 72.8 Å². The summed E-state index contributed by atoms with van der Waals surface area (Å²) >= 11 is 7.73. The molecule has 0 spiro atoms. The molecule has 0 N–H and O–H groups in total. The Morgan fingerprint density at radius 1 is 1.03 bits per heavy atom. The van der Waals surface area contributed by atoms with E-state index >= 15 is 0 Å². The van der Waals surface area contributed by atoms with Gasteiger partial charge in [0.15, 0.2) is 11.7 Å². The average molecular weight is 423 g/mol. The highest BCUT2D eigenvalue weighted by Gasteiger charge is 2.21. The van der Waals surface area contributed by atoms with Gasteiger partial charge in [0.05, 0.1) is 16.8 Å². The number of hydrogen-bond acceptors (Lipinski definition) is 4. The van der Waals surface area contributed by atoms with E-state index in [1.54, 1.807) is 4.90 Å². The van der Waals surface area contributed by atoms with E-state index in [1.165, 1.54) is 11.3 Å². The van der Waals surface area contributed by atoms with E-state index in [2.05, 4.69) is 0 Å². The fraction of sp³-hybridized carbons (Fsp3) is 0.130. The third-order valence-electron chi connectivity index (χ3n) is 4.56. The maximum Gasteiger partial charge on any atom is 0.267 e. The van der Waals surface area contributed by atoms with Gasteiger partial charge >= 0.3 is 0 Å². The largest absolute Gasteiger partial charge is 0.484 e. The number of para-hydroxylation sites is 1. The van der Waals surface area contributed by atoms with E-state index in [0.717, 1.165) is 21.3 Å². The van der Waals surface area contributed by atoms with Gasteiger partial charge in [-0.2, -0.15) is 0 Å². The van der Waals surface area contributed by atoms with Crippen LogP contribution in [-0.2, 0) is 11.3 Å². The number of carbonyl (C=O) groups excluding carboxylic acids is 1. The van der Waals surface area contributed by atoms with Crippen molar-refractivity contribution >= 4 is 44.2 Å². The molecule has 0 atom stereocenters. The average Bonchev–Trinajstić information content (AvgIpc) is 3.19. The van der Waals surface area contributed by atoms with Crippen molar-refractivity contribution in [2.45, 2.75) is 13.5 Å². The van der Waals surface area contributed by atoms with Crippen LogP contribution in [-0.4, -0.2) is 17.5 Å². The summed E-state index contributed by atoms with van der Waals surface area (Å²) in [7, 11) is 0. The second-order valence-corrected chi connectivity index (χ2v) is 8.00. The first-order chi connectivity index (χ1) is 14.1. The second-order valence-electron chi connectivity index (χ2n) is 6.58. The predicted molar refractivity (Wildman–Crippen MR) is 119 cm³/mol. The number of thiazole rings is 1. The maximum atomic E-state index is 13.1. The van der Waals surface area contributed by atoms with Crippen molar-refractivity contribution in [3.8, 4) is 5.75 Å². The summed E-state index contributed by atoms with van der Waals surface area (Å²) in [4.78, 5) is 19.5. The normalized spacial score (nSPS) is 10.8. The van der Waals surface area contributed by atoms with Crippen LogP contribution in [0.5, 0.6) is 5.75 Å². The molecule has 4 aromatic rings. The molecule has 0 radical (unpaired) electrons. The molecule has 0 fully saturated rings. The topological polar surface area (TPSA) is 42.4 Å². The number of aryl methyl sites for hydroxylation is 1. The molecule has 4 nitrogen and oxygen atoms in total. The van der Waals surface area contributed by atoms with Gasteiger partial charge in [-0.05, 0) is 42.3 Å². The van der Waals surface area contributed by atoms with Gasteiger partial charge < -0.3 is 4.74 Å². The third kappa shape index (κ3) is 4.42. The molecule has 0 aliphatic heterocycles. The molecular formula is C23H19ClN2O2S. The molecule has 0 aliphatic rings. The first-order valence-electron chi connectivity index (χ1n) is 9.19. The Morgan fingerprint density at radius 2 is 1.72 bits per heavy atom. The van der Waals surface area contributed by atoms with Gasteiger partial charge in [-0.25, -0.2) is 4.98 Å². The number of rotatable bonds is 6. The maximum absolute atomic E-state index is 13.1. The highest BCUT2D eigenvalue weighted by Crippen LogP contribution is 2.34. The van der Waals surface area contributed by atoms with E-state index in [9.17, 15) is 4.79 Å². The lowest BCUT2D eigenvalue weighted by Crippen LogP contribution is -2.34. The number of nitrogens with zero attached hydrogens (tertiary/aromatic N) is 2. The molecule has 0 saturated heterocycles. The first-order valence-corrected chi connectivity index (χ1v) is 10.4. The number of benzene rings is 3. The summed E-state index contributed by atoms with van der Waals surface area (Å²) in [6.45, 7) is 2.30. The Bertz CT molecular complexity index is 1130. The predicted octanol–water partition coefficient (Wildman–Crippen LogP) is 5.87. The number of aromatic nitrogens is 1. The molecule has 1 aromatic heterocycles. The molecule has 1 heterocycles. The fourth-order valence-corrected chi connectivity index (χ4v) is 4.17. The number of fused-ring (bicyclic) bond motifs is 1. The first kappa shape index (κ1) is 19.4. The standard InChI is InChI=1S/C23H19ClN2O2S/c1-16-19(24)12-13-20-22(16)25-23(29-20)26(14-17-8-4-2-5-9-17)21(27)15-28-18-10-6-3-7-11-18/h2-13H,14-15H2,1H3. The van der Waals surface area contributed by atoms with E-state index < -0.39 is 0 Å². The smallest absolute Gasteiger partial charge is 0.267 e. The quantitative estimate of drug-likeness (QED) is 0.390. The Kier molecular flexibility index (Phi) is 5.79. The van der Waals surface area contributed by atoms with Crippen molar-refractivity contribution in [3.05, 3.63) is 88.9 Å². The molecule has 3 aromatic carbocycles. The number of anilines is 1. The molecule has 4 rings (SSSR count). The van der Waals surface area contributed by atoms with Crippen molar-refractivity contribution < 1.29 is 9.53 Å². The highest BCUT2D eigenvalue weighted by molar-refractivity contribution is 7.22. The third-order valence-corrected chi connectivity index (χ3v) is 6.01. The van der Waals surface area contributed by atoms with Gasteiger partial charge in [-0.15, -0.1) is 0 Å². The van der Waals surface area contributed by atoms with Crippen LogP contribution in [0.2, 0.25) is 5.02 Å². The molecule has 0 unspecified atom stereocenters. The van der Waals surface area contributed by atoms with E-state index in [-0.39, 0.29) is 12.5 Å². The Morgan fingerprint density at radius 3 is 2.45 bits per heavy atom. The van der Waals surface area contributed by atoms with Crippen molar-refractivity contribution in [1.82, 2.24) is 4.98 Å². The molecule has 29 heavy (non-hydrogen) atoms. The van der Waals surface area contributed by atoms with Gasteiger partial charge in [-0.1, -0.05) is 71.5 Å².